The Morgan fingerprint density at radius 3 is 3.00 bits per heavy atom. The quantitative estimate of drug-likeness (QED) is 0.755. The van der Waals surface area contributed by atoms with Crippen LogP contribution in [0.5, 0.6) is 0 Å². The molecule has 0 spiro atoms. The minimum Gasteiger partial charge on any atom is -0.396 e. The molecule has 0 unspecified atom stereocenters. The zero-order valence-electron chi connectivity index (χ0n) is 9.89. The van der Waals surface area contributed by atoms with Crippen molar-refractivity contribution in [1.82, 2.24) is 9.97 Å². The summed E-state index contributed by atoms with van der Waals surface area (Å²) >= 11 is 1.68. The first-order valence-electron chi connectivity index (χ1n) is 6.00. The van der Waals surface area contributed by atoms with E-state index in [9.17, 15) is 0 Å². The summed E-state index contributed by atoms with van der Waals surface area (Å²) in [6.45, 7) is 0.238. The Balaban J connectivity index is 1.97. The topological polar surface area (TPSA) is 48.9 Å². The van der Waals surface area contributed by atoms with Crippen molar-refractivity contribution < 1.29 is 5.11 Å². The Kier molecular flexibility index (Phi) is 3.13. The molecule has 0 radical (unpaired) electrons. The maximum absolute atomic E-state index is 8.85. The molecule has 2 N–H and O–H groups in total. The number of nitrogens with one attached hydrogen (secondary N) is 1. The summed E-state index contributed by atoms with van der Waals surface area (Å²) in [5.74, 6) is 0.930. The second-order valence-electron chi connectivity index (χ2n) is 4.24. The SMILES string of the molecule is OCCCc1ccc2nc(-c3cccs3)[nH]c2c1. The predicted molar refractivity (Wildman–Crippen MR) is 74.8 cm³/mol. The first-order valence-corrected chi connectivity index (χ1v) is 6.88. The lowest BCUT2D eigenvalue weighted by atomic mass is 10.1. The zero-order valence-corrected chi connectivity index (χ0v) is 10.7. The molecule has 3 nitrogen and oxygen atoms in total. The van der Waals surface area contributed by atoms with Crippen molar-refractivity contribution in [2.75, 3.05) is 6.61 Å². The number of thiophene rings is 1. The number of hydrogen-bond acceptors (Lipinski definition) is 3. The monoisotopic (exact) mass is 258 g/mol. The fourth-order valence-electron chi connectivity index (χ4n) is 2.03. The number of rotatable bonds is 4. The summed E-state index contributed by atoms with van der Waals surface area (Å²) < 4.78 is 0. The molecule has 0 fully saturated rings. The Morgan fingerprint density at radius 1 is 1.28 bits per heavy atom. The van der Waals surface area contributed by atoms with E-state index in [2.05, 4.69) is 33.5 Å². The van der Waals surface area contributed by atoms with Crippen LogP contribution in [0.25, 0.3) is 21.7 Å². The van der Waals surface area contributed by atoms with E-state index in [1.807, 2.05) is 12.1 Å². The van der Waals surface area contributed by atoms with Crippen LogP contribution >= 0.6 is 11.3 Å². The third-order valence-electron chi connectivity index (χ3n) is 2.92. The van der Waals surface area contributed by atoms with E-state index in [1.165, 1.54) is 5.56 Å². The summed E-state index contributed by atoms with van der Waals surface area (Å²) in [4.78, 5) is 9.09. The number of aryl methyl sites for hydroxylation is 1. The highest BCUT2D eigenvalue weighted by Gasteiger charge is 2.06. The number of aromatic amines is 1. The number of aliphatic hydroxyl groups is 1. The number of aliphatic hydroxyl groups excluding tert-OH is 1. The first kappa shape index (κ1) is 11.4. The van der Waals surface area contributed by atoms with Crippen LogP contribution in [0.1, 0.15) is 12.0 Å². The van der Waals surface area contributed by atoms with Gasteiger partial charge >= 0.3 is 0 Å². The van der Waals surface area contributed by atoms with Crippen molar-refractivity contribution >= 4 is 22.4 Å². The van der Waals surface area contributed by atoms with Gasteiger partial charge in [0.25, 0.3) is 0 Å². The van der Waals surface area contributed by atoms with Crippen LogP contribution < -0.4 is 0 Å². The van der Waals surface area contributed by atoms with Gasteiger partial charge in [0, 0.05) is 6.61 Å². The summed E-state index contributed by atoms with van der Waals surface area (Å²) in [6.07, 6.45) is 1.71. The van der Waals surface area contributed by atoms with Crippen molar-refractivity contribution in [3.05, 3.63) is 41.3 Å². The van der Waals surface area contributed by atoms with Gasteiger partial charge in [-0.1, -0.05) is 12.1 Å². The molecule has 0 saturated carbocycles. The fraction of sp³-hybridized carbons (Fsp3) is 0.214. The number of imidazole rings is 1. The van der Waals surface area contributed by atoms with Crippen LogP contribution in [0.3, 0.4) is 0 Å². The summed E-state index contributed by atoms with van der Waals surface area (Å²) in [6, 6.07) is 10.3. The molecule has 0 amide bonds. The summed E-state index contributed by atoms with van der Waals surface area (Å²) in [5.41, 5.74) is 3.29. The van der Waals surface area contributed by atoms with Crippen molar-refractivity contribution in [3.8, 4) is 10.7 Å². The molecule has 0 aliphatic rings. The van der Waals surface area contributed by atoms with E-state index in [-0.39, 0.29) is 6.61 Å². The molecule has 0 bridgehead atoms. The fourth-order valence-corrected chi connectivity index (χ4v) is 2.69. The van der Waals surface area contributed by atoms with Crippen LogP contribution in [-0.4, -0.2) is 21.7 Å². The molecule has 1 aromatic carbocycles. The number of hydrogen-bond donors (Lipinski definition) is 2. The molecule has 0 saturated heterocycles. The molecule has 2 heterocycles. The average Bonchev–Trinajstić information content (AvgIpc) is 3.03. The van der Waals surface area contributed by atoms with Gasteiger partial charge in [0.05, 0.1) is 15.9 Å². The van der Waals surface area contributed by atoms with E-state index in [4.69, 9.17) is 5.11 Å². The Hall–Kier alpha value is -1.65. The highest BCUT2D eigenvalue weighted by Crippen LogP contribution is 2.25. The maximum Gasteiger partial charge on any atom is 0.148 e. The molecular weight excluding hydrogens is 244 g/mol. The van der Waals surface area contributed by atoms with E-state index in [0.29, 0.717) is 0 Å². The van der Waals surface area contributed by atoms with Crippen molar-refractivity contribution in [2.24, 2.45) is 0 Å². The van der Waals surface area contributed by atoms with Gasteiger partial charge in [-0.05, 0) is 42.0 Å². The number of H-pyrrole nitrogens is 1. The van der Waals surface area contributed by atoms with Crippen molar-refractivity contribution in [2.45, 2.75) is 12.8 Å². The lowest BCUT2D eigenvalue weighted by Crippen LogP contribution is -1.88. The molecule has 92 valence electrons. The average molecular weight is 258 g/mol. The molecule has 4 heteroatoms. The molecule has 3 rings (SSSR count). The largest absolute Gasteiger partial charge is 0.396 e. The van der Waals surface area contributed by atoms with E-state index < -0.39 is 0 Å². The highest BCUT2D eigenvalue weighted by atomic mass is 32.1. The van der Waals surface area contributed by atoms with Gasteiger partial charge in [-0.2, -0.15) is 0 Å². The highest BCUT2D eigenvalue weighted by molar-refractivity contribution is 7.13. The smallest absolute Gasteiger partial charge is 0.148 e. The van der Waals surface area contributed by atoms with E-state index in [0.717, 1.165) is 34.6 Å². The normalized spacial score (nSPS) is 11.2. The Labute approximate surface area is 109 Å². The summed E-state index contributed by atoms with van der Waals surface area (Å²) in [5, 5.41) is 10.9. The number of aromatic nitrogens is 2. The second kappa shape index (κ2) is 4.92. The van der Waals surface area contributed by atoms with E-state index in [1.54, 1.807) is 11.3 Å². The zero-order chi connectivity index (χ0) is 12.4. The van der Waals surface area contributed by atoms with Gasteiger partial charge in [0.2, 0.25) is 0 Å². The molecule has 0 aliphatic heterocycles. The Morgan fingerprint density at radius 2 is 2.22 bits per heavy atom. The lowest BCUT2D eigenvalue weighted by molar-refractivity contribution is 0.288. The molecule has 0 aliphatic carbocycles. The standard InChI is InChI=1S/C14H14N2OS/c17-7-1-3-10-5-6-11-12(9-10)16-14(15-11)13-4-2-8-18-13/h2,4-6,8-9,17H,1,3,7H2,(H,15,16). The van der Waals surface area contributed by atoms with Crippen LogP contribution in [-0.2, 0) is 6.42 Å². The molecule has 3 aromatic rings. The van der Waals surface area contributed by atoms with Gasteiger partial charge in [-0.25, -0.2) is 4.98 Å². The predicted octanol–water partition coefficient (Wildman–Crippen LogP) is 3.22. The van der Waals surface area contributed by atoms with Gasteiger partial charge in [0.1, 0.15) is 5.82 Å². The van der Waals surface area contributed by atoms with Gasteiger partial charge in [0.15, 0.2) is 0 Å². The van der Waals surface area contributed by atoms with Crippen molar-refractivity contribution in [3.63, 3.8) is 0 Å². The third-order valence-corrected chi connectivity index (χ3v) is 3.80. The number of nitrogens with zero attached hydrogens (tertiary/aromatic N) is 1. The molecule has 0 atom stereocenters. The van der Waals surface area contributed by atoms with Crippen LogP contribution in [0.15, 0.2) is 35.7 Å². The second-order valence-corrected chi connectivity index (χ2v) is 5.19. The molecule has 18 heavy (non-hydrogen) atoms. The maximum atomic E-state index is 8.85. The lowest BCUT2D eigenvalue weighted by Gasteiger charge is -1.98. The van der Waals surface area contributed by atoms with Crippen LogP contribution in [0.2, 0.25) is 0 Å². The van der Waals surface area contributed by atoms with Gasteiger partial charge < -0.3 is 10.1 Å². The van der Waals surface area contributed by atoms with Gasteiger partial charge in [-0.15, -0.1) is 11.3 Å². The molecule has 2 aromatic heterocycles. The molecular formula is C14H14N2OS. The third kappa shape index (κ3) is 2.17. The number of fused-ring (bicyclic) bond motifs is 1. The minimum absolute atomic E-state index is 0.238. The summed E-state index contributed by atoms with van der Waals surface area (Å²) in [7, 11) is 0. The first-order chi connectivity index (χ1) is 8.86. The van der Waals surface area contributed by atoms with Crippen molar-refractivity contribution in [1.29, 1.82) is 0 Å². The number of benzene rings is 1. The Bertz CT molecular complexity index is 643. The van der Waals surface area contributed by atoms with Crippen LogP contribution in [0.4, 0.5) is 0 Å². The minimum atomic E-state index is 0.238. The van der Waals surface area contributed by atoms with Crippen LogP contribution in [0, 0.1) is 0 Å². The van der Waals surface area contributed by atoms with Gasteiger partial charge in [-0.3, -0.25) is 0 Å². The van der Waals surface area contributed by atoms with E-state index >= 15 is 0 Å².